The first-order valence-electron chi connectivity index (χ1n) is 11.0. The van der Waals surface area contributed by atoms with Gasteiger partial charge in [0.15, 0.2) is 5.82 Å². The number of amides is 1. The second kappa shape index (κ2) is 8.82. The van der Waals surface area contributed by atoms with E-state index in [2.05, 4.69) is 15.3 Å². The number of hydrogen-bond acceptors (Lipinski definition) is 7. The van der Waals surface area contributed by atoms with Crippen molar-refractivity contribution in [3.8, 4) is 17.1 Å². The number of alkyl carbamates (subject to hydrolysis) is 1. The van der Waals surface area contributed by atoms with Gasteiger partial charge in [0.1, 0.15) is 23.5 Å². The quantitative estimate of drug-likeness (QED) is 0.625. The summed E-state index contributed by atoms with van der Waals surface area (Å²) in [6, 6.07) is 9.85. The number of aryl methyl sites for hydroxylation is 1. The molecule has 9 heteroatoms. The number of rotatable bonds is 4. The van der Waals surface area contributed by atoms with E-state index in [4.69, 9.17) is 9.47 Å². The van der Waals surface area contributed by atoms with E-state index in [0.29, 0.717) is 50.5 Å². The number of anilines is 1. The van der Waals surface area contributed by atoms with Crippen LogP contribution in [0.15, 0.2) is 36.4 Å². The van der Waals surface area contributed by atoms with Gasteiger partial charge in [-0.25, -0.2) is 19.2 Å². The molecule has 2 atom stereocenters. The minimum Gasteiger partial charge on any atom is -0.507 e. The number of nitrogens with one attached hydrogen (secondary N) is 1. The van der Waals surface area contributed by atoms with E-state index in [-0.39, 0.29) is 29.3 Å². The molecule has 2 aliphatic heterocycles. The minimum absolute atomic E-state index is 0.0293. The van der Waals surface area contributed by atoms with Crippen LogP contribution in [0, 0.1) is 12.7 Å². The monoisotopic (exact) mass is 452 g/mol. The maximum absolute atomic E-state index is 14.6. The molecule has 33 heavy (non-hydrogen) atoms. The number of carbonyl (C=O) groups is 1. The molecule has 2 aliphatic rings. The predicted molar refractivity (Wildman–Crippen MR) is 121 cm³/mol. The first-order chi connectivity index (χ1) is 16.0. The number of phenols is 1. The second-order valence-electron chi connectivity index (χ2n) is 8.49. The summed E-state index contributed by atoms with van der Waals surface area (Å²) in [6.45, 7) is 4.18. The van der Waals surface area contributed by atoms with E-state index in [1.54, 1.807) is 0 Å². The molecule has 2 N–H and O–H groups in total. The van der Waals surface area contributed by atoms with E-state index in [1.165, 1.54) is 18.2 Å². The van der Waals surface area contributed by atoms with Crippen LogP contribution in [0.5, 0.6) is 5.75 Å². The molecule has 2 saturated heterocycles. The van der Waals surface area contributed by atoms with Crippen LogP contribution in [0.1, 0.15) is 18.4 Å². The van der Waals surface area contributed by atoms with Crippen molar-refractivity contribution in [1.29, 1.82) is 0 Å². The minimum atomic E-state index is -0.590. The normalized spacial score (nSPS) is 20.4. The predicted octanol–water partition coefficient (Wildman–Crippen LogP) is 3.54. The molecule has 3 heterocycles. The summed E-state index contributed by atoms with van der Waals surface area (Å²) >= 11 is 0. The van der Waals surface area contributed by atoms with Crippen LogP contribution in [0.25, 0.3) is 22.3 Å². The van der Waals surface area contributed by atoms with Crippen molar-refractivity contribution in [2.24, 2.45) is 0 Å². The van der Waals surface area contributed by atoms with Crippen LogP contribution in [0.3, 0.4) is 0 Å². The standard InChI is InChI=1S/C24H25FN4O4/c1-14-5-6-17-19(11-14)27-22(21-18(25)3-2-4-20(21)30)28-23(17)29-9-7-15(12-29)26-24(31)33-16-8-10-32-13-16/h2-6,11,15-16,30H,7-10,12-13H2,1H3,(H,26,31). The zero-order valence-corrected chi connectivity index (χ0v) is 18.3. The Kier molecular flexibility index (Phi) is 5.72. The molecule has 0 saturated carbocycles. The second-order valence-corrected chi connectivity index (χ2v) is 8.49. The van der Waals surface area contributed by atoms with Gasteiger partial charge >= 0.3 is 6.09 Å². The lowest BCUT2D eigenvalue weighted by atomic mass is 10.1. The molecule has 1 aromatic heterocycles. The average molecular weight is 452 g/mol. The van der Waals surface area contributed by atoms with Crippen LogP contribution >= 0.6 is 0 Å². The van der Waals surface area contributed by atoms with Crippen molar-refractivity contribution in [3.05, 3.63) is 47.8 Å². The number of aromatic hydroxyl groups is 1. The molecule has 0 spiro atoms. The Morgan fingerprint density at radius 3 is 2.94 bits per heavy atom. The number of aromatic nitrogens is 2. The SMILES string of the molecule is Cc1ccc2c(N3CCC(NC(=O)OC4CCOC4)C3)nc(-c3c(O)cccc3F)nc2c1. The van der Waals surface area contributed by atoms with Crippen LogP contribution in [0.2, 0.25) is 0 Å². The summed E-state index contributed by atoms with van der Waals surface area (Å²) in [5, 5.41) is 14.0. The number of phenolic OH excluding ortho intramolecular Hbond substituents is 1. The molecule has 2 unspecified atom stereocenters. The van der Waals surface area contributed by atoms with E-state index in [0.717, 1.165) is 10.9 Å². The first-order valence-corrected chi connectivity index (χ1v) is 11.0. The Morgan fingerprint density at radius 2 is 2.15 bits per heavy atom. The van der Waals surface area contributed by atoms with Gasteiger partial charge in [0, 0.05) is 24.9 Å². The number of benzene rings is 2. The highest BCUT2D eigenvalue weighted by Crippen LogP contribution is 2.34. The van der Waals surface area contributed by atoms with Crippen molar-refractivity contribution in [2.75, 3.05) is 31.2 Å². The Hall–Kier alpha value is -3.46. The molecular weight excluding hydrogens is 427 g/mol. The molecule has 8 nitrogen and oxygen atoms in total. The number of carbonyl (C=O) groups excluding carboxylic acids is 1. The maximum atomic E-state index is 14.6. The maximum Gasteiger partial charge on any atom is 0.407 e. The Bertz CT molecular complexity index is 1180. The van der Waals surface area contributed by atoms with Gasteiger partial charge in [0.05, 0.1) is 30.3 Å². The molecule has 1 amide bonds. The summed E-state index contributed by atoms with van der Waals surface area (Å²) in [5.74, 6) is -0.0459. The number of fused-ring (bicyclic) bond motifs is 1. The lowest BCUT2D eigenvalue weighted by Crippen LogP contribution is -2.39. The van der Waals surface area contributed by atoms with Crippen molar-refractivity contribution in [2.45, 2.75) is 31.9 Å². The van der Waals surface area contributed by atoms with Gasteiger partial charge in [-0.15, -0.1) is 0 Å². The van der Waals surface area contributed by atoms with Crippen LogP contribution in [0.4, 0.5) is 15.0 Å². The molecule has 5 rings (SSSR count). The van der Waals surface area contributed by atoms with Crippen molar-refractivity contribution < 1.29 is 23.8 Å². The van der Waals surface area contributed by atoms with Crippen molar-refractivity contribution >= 4 is 22.8 Å². The third-order valence-electron chi connectivity index (χ3n) is 6.02. The van der Waals surface area contributed by atoms with Crippen LogP contribution in [-0.4, -0.2) is 59.6 Å². The summed E-state index contributed by atoms with van der Waals surface area (Å²) in [7, 11) is 0. The fourth-order valence-electron chi connectivity index (χ4n) is 4.34. The first kappa shape index (κ1) is 21.4. The van der Waals surface area contributed by atoms with Crippen LogP contribution < -0.4 is 10.2 Å². The van der Waals surface area contributed by atoms with E-state index in [1.807, 2.05) is 30.0 Å². The van der Waals surface area contributed by atoms with Gasteiger partial charge in [-0.2, -0.15) is 0 Å². The molecule has 0 radical (unpaired) electrons. The Labute approximate surface area is 190 Å². The average Bonchev–Trinajstić information content (AvgIpc) is 3.45. The molecule has 172 valence electrons. The number of nitrogens with zero attached hydrogens (tertiary/aromatic N) is 3. The van der Waals surface area contributed by atoms with E-state index >= 15 is 0 Å². The third-order valence-corrected chi connectivity index (χ3v) is 6.02. The van der Waals surface area contributed by atoms with Gasteiger partial charge < -0.3 is 24.8 Å². The smallest absolute Gasteiger partial charge is 0.407 e. The lowest BCUT2D eigenvalue weighted by Gasteiger charge is -2.21. The molecule has 2 fully saturated rings. The molecule has 3 aromatic rings. The molecule has 0 bridgehead atoms. The van der Waals surface area contributed by atoms with Gasteiger partial charge in [-0.3, -0.25) is 0 Å². The Morgan fingerprint density at radius 1 is 1.27 bits per heavy atom. The third kappa shape index (κ3) is 4.41. The highest BCUT2D eigenvalue weighted by atomic mass is 19.1. The molecule has 0 aliphatic carbocycles. The van der Waals surface area contributed by atoms with Crippen molar-refractivity contribution in [3.63, 3.8) is 0 Å². The highest BCUT2D eigenvalue weighted by molar-refractivity contribution is 5.92. The zero-order chi connectivity index (χ0) is 22.9. The highest BCUT2D eigenvalue weighted by Gasteiger charge is 2.29. The lowest BCUT2D eigenvalue weighted by molar-refractivity contribution is 0.0813. The number of halogens is 1. The fraction of sp³-hybridized carbons (Fsp3) is 0.375. The molecule has 2 aromatic carbocycles. The van der Waals surface area contributed by atoms with Gasteiger partial charge in [0.2, 0.25) is 0 Å². The van der Waals surface area contributed by atoms with Crippen LogP contribution in [-0.2, 0) is 9.47 Å². The summed E-state index contributed by atoms with van der Waals surface area (Å²) in [6.07, 6.45) is 0.779. The summed E-state index contributed by atoms with van der Waals surface area (Å²) in [5.41, 5.74) is 1.64. The summed E-state index contributed by atoms with van der Waals surface area (Å²) in [4.78, 5) is 23.5. The Balaban J connectivity index is 1.43. The van der Waals surface area contributed by atoms with Gasteiger partial charge in [0.25, 0.3) is 0 Å². The van der Waals surface area contributed by atoms with E-state index < -0.39 is 11.9 Å². The topological polar surface area (TPSA) is 96.8 Å². The summed E-state index contributed by atoms with van der Waals surface area (Å²) < 4.78 is 25.2. The van der Waals surface area contributed by atoms with Crippen molar-refractivity contribution in [1.82, 2.24) is 15.3 Å². The largest absolute Gasteiger partial charge is 0.507 e. The van der Waals surface area contributed by atoms with E-state index in [9.17, 15) is 14.3 Å². The fourth-order valence-corrected chi connectivity index (χ4v) is 4.34. The number of ether oxygens (including phenoxy) is 2. The van der Waals surface area contributed by atoms with Gasteiger partial charge in [-0.05, 0) is 43.2 Å². The molecular formula is C24H25FN4O4. The zero-order valence-electron chi connectivity index (χ0n) is 18.3. The van der Waals surface area contributed by atoms with Gasteiger partial charge in [-0.1, -0.05) is 12.1 Å². The number of hydrogen-bond donors (Lipinski definition) is 2.